The van der Waals surface area contributed by atoms with Crippen LogP contribution in [0.3, 0.4) is 0 Å². The molecular formula is C9H20N2O. The topological polar surface area (TPSA) is 24.5 Å². The van der Waals surface area contributed by atoms with Crippen molar-refractivity contribution in [2.45, 2.75) is 18.9 Å². The quantitative estimate of drug-likeness (QED) is 0.584. The Hall–Kier alpha value is -0.120. The molecule has 0 aromatic carbocycles. The third-order valence-electron chi connectivity index (χ3n) is 2.21. The summed E-state index contributed by atoms with van der Waals surface area (Å²) in [6.07, 6.45) is 2.92. The van der Waals surface area contributed by atoms with E-state index < -0.39 is 0 Å². The van der Waals surface area contributed by atoms with Crippen LogP contribution in [0, 0.1) is 0 Å². The van der Waals surface area contributed by atoms with E-state index in [2.05, 4.69) is 17.3 Å². The molecule has 0 bridgehead atoms. The van der Waals surface area contributed by atoms with E-state index in [1.54, 1.807) is 0 Å². The first-order valence-corrected chi connectivity index (χ1v) is 4.77. The summed E-state index contributed by atoms with van der Waals surface area (Å²) in [5.41, 5.74) is 0. The Morgan fingerprint density at radius 1 is 1.42 bits per heavy atom. The SMILES string of the molecule is CNCCCCOC1CN(C)C1. The Labute approximate surface area is 75.1 Å². The lowest BCUT2D eigenvalue weighted by Crippen LogP contribution is -2.49. The normalized spacial score (nSPS) is 19.5. The van der Waals surface area contributed by atoms with Crippen molar-refractivity contribution in [3.8, 4) is 0 Å². The molecular weight excluding hydrogens is 152 g/mol. The van der Waals surface area contributed by atoms with E-state index in [0.29, 0.717) is 6.10 Å². The summed E-state index contributed by atoms with van der Waals surface area (Å²) in [6.45, 7) is 4.27. The molecule has 72 valence electrons. The average molecular weight is 172 g/mol. The van der Waals surface area contributed by atoms with Gasteiger partial charge in [-0.3, -0.25) is 0 Å². The molecule has 3 heteroatoms. The Morgan fingerprint density at radius 3 is 2.75 bits per heavy atom. The van der Waals surface area contributed by atoms with Gasteiger partial charge in [-0.05, 0) is 33.5 Å². The fourth-order valence-electron chi connectivity index (χ4n) is 1.40. The molecule has 0 radical (unpaired) electrons. The van der Waals surface area contributed by atoms with E-state index in [-0.39, 0.29) is 0 Å². The maximum absolute atomic E-state index is 5.63. The number of unbranched alkanes of at least 4 members (excludes halogenated alkanes) is 1. The molecule has 1 N–H and O–H groups in total. The van der Waals surface area contributed by atoms with Crippen molar-refractivity contribution in [3.05, 3.63) is 0 Å². The predicted molar refractivity (Wildman–Crippen MR) is 50.4 cm³/mol. The first-order valence-electron chi connectivity index (χ1n) is 4.77. The van der Waals surface area contributed by atoms with Gasteiger partial charge in [-0.15, -0.1) is 0 Å². The number of likely N-dealkylation sites (tertiary alicyclic amines) is 1. The van der Waals surface area contributed by atoms with E-state index in [0.717, 1.165) is 26.2 Å². The van der Waals surface area contributed by atoms with Crippen LogP contribution in [0.15, 0.2) is 0 Å². The predicted octanol–water partition coefficient (Wildman–Crippen LogP) is 0.317. The van der Waals surface area contributed by atoms with Crippen LogP contribution >= 0.6 is 0 Å². The average Bonchev–Trinajstić information content (AvgIpc) is 2.00. The fraction of sp³-hybridized carbons (Fsp3) is 1.00. The number of hydrogen-bond acceptors (Lipinski definition) is 3. The van der Waals surface area contributed by atoms with Gasteiger partial charge in [-0.1, -0.05) is 0 Å². The minimum Gasteiger partial charge on any atom is -0.376 e. The smallest absolute Gasteiger partial charge is 0.0828 e. The zero-order valence-corrected chi connectivity index (χ0v) is 8.18. The second-order valence-corrected chi connectivity index (χ2v) is 3.52. The van der Waals surface area contributed by atoms with Crippen molar-refractivity contribution < 1.29 is 4.74 Å². The first kappa shape index (κ1) is 9.96. The van der Waals surface area contributed by atoms with Gasteiger partial charge in [0.25, 0.3) is 0 Å². The Bertz CT molecular complexity index is 113. The molecule has 1 heterocycles. The number of nitrogens with zero attached hydrogens (tertiary/aromatic N) is 1. The van der Waals surface area contributed by atoms with Crippen LogP contribution in [0.25, 0.3) is 0 Å². The monoisotopic (exact) mass is 172 g/mol. The van der Waals surface area contributed by atoms with Crippen molar-refractivity contribution in [2.24, 2.45) is 0 Å². The van der Waals surface area contributed by atoms with Gasteiger partial charge in [0.2, 0.25) is 0 Å². The lowest BCUT2D eigenvalue weighted by molar-refractivity contribution is -0.0440. The highest BCUT2D eigenvalue weighted by molar-refractivity contribution is 4.76. The lowest BCUT2D eigenvalue weighted by atomic mass is 10.2. The van der Waals surface area contributed by atoms with Crippen molar-refractivity contribution in [1.29, 1.82) is 0 Å². The van der Waals surface area contributed by atoms with E-state index in [4.69, 9.17) is 4.74 Å². The van der Waals surface area contributed by atoms with Crippen molar-refractivity contribution >= 4 is 0 Å². The minimum atomic E-state index is 0.518. The van der Waals surface area contributed by atoms with Gasteiger partial charge < -0.3 is 15.0 Å². The molecule has 1 rings (SSSR count). The van der Waals surface area contributed by atoms with Crippen LogP contribution in [0.2, 0.25) is 0 Å². The lowest BCUT2D eigenvalue weighted by Gasteiger charge is -2.35. The van der Waals surface area contributed by atoms with Gasteiger partial charge >= 0.3 is 0 Å². The summed E-state index contributed by atoms with van der Waals surface area (Å²) >= 11 is 0. The molecule has 12 heavy (non-hydrogen) atoms. The summed E-state index contributed by atoms with van der Waals surface area (Å²) in [5, 5.41) is 3.13. The second kappa shape index (κ2) is 5.51. The highest BCUT2D eigenvalue weighted by atomic mass is 16.5. The molecule has 1 saturated heterocycles. The van der Waals surface area contributed by atoms with Gasteiger partial charge in [0.1, 0.15) is 0 Å². The fourth-order valence-corrected chi connectivity index (χ4v) is 1.40. The standard InChI is InChI=1S/C9H20N2O/c1-10-5-3-4-6-12-9-7-11(2)8-9/h9-10H,3-8H2,1-2H3. The third kappa shape index (κ3) is 3.52. The Kier molecular flexibility index (Phi) is 4.58. The van der Waals surface area contributed by atoms with E-state index in [9.17, 15) is 0 Å². The van der Waals surface area contributed by atoms with Crippen molar-refractivity contribution in [2.75, 3.05) is 40.3 Å². The van der Waals surface area contributed by atoms with Crippen LogP contribution in [-0.2, 0) is 4.74 Å². The largest absolute Gasteiger partial charge is 0.376 e. The van der Waals surface area contributed by atoms with Crippen molar-refractivity contribution in [3.63, 3.8) is 0 Å². The van der Waals surface area contributed by atoms with Crippen LogP contribution in [0.5, 0.6) is 0 Å². The molecule has 1 fully saturated rings. The van der Waals surface area contributed by atoms with Crippen molar-refractivity contribution in [1.82, 2.24) is 10.2 Å². The zero-order valence-electron chi connectivity index (χ0n) is 8.18. The summed E-state index contributed by atoms with van der Waals surface area (Å²) in [4.78, 5) is 2.28. The molecule has 0 unspecified atom stereocenters. The summed E-state index contributed by atoms with van der Waals surface area (Å²) in [7, 11) is 4.11. The maximum atomic E-state index is 5.63. The number of likely N-dealkylation sites (N-methyl/N-ethyl adjacent to an activating group) is 1. The first-order chi connectivity index (χ1) is 5.83. The Morgan fingerprint density at radius 2 is 2.17 bits per heavy atom. The molecule has 0 saturated carbocycles. The van der Waals surface area contributed by atoms with Gasteiger partial charge in [-0.25, -0.2) is 0 Å². The Balaban J connectivity index is 1.77. The molecule has 0 amide bonds. The molecule has 3 nitrogen and oxygen atoms in total. The molecule has 0 aromatic rings. The number of nitrogens with one attached hydrogen (secondary N) is 1. The van der Waals surface area contributed by atoms with E-state index in [1.165, 1.54) is 12.8 Å². The van der Waals surface area contributed by atoms with E-state index >= 15 is 0 Å². The molecule has 1 aliphatic rings. The minimum absolute atomic E-state index is 0.518. The van der Waals surface area contributed by atoms with Crippen LogP contribution in [-0.4, -0.2) is 51.3 Å². The molecule has 0 aromatic heterocycles. The molecule has 1 aliphatic heterocycles. The number of hydrogen-bond donors (Lipinski definition) is 1. The summed E-state index contributed by atoms with van der Waals surface area (Å²) in [5.74, 6) is 0. The van der Waals surface area contributed by atoms with Crippen LogP contribution < -0.4 is 5.32 Å². The van der Waals surface area contributed by atoms with E-state index in [1.807, 2.05) is 7.05 Å². The summed E-state index contributed by atoms with van der Waals surface area (Å²) in [6, 6.07) is 0. The number of ether oxygens (including phenoxy) is 1. The molecule has 0 aliphatic carbocycles. The molecule has 0 atom stereocenters. The number of rotatable bonds is 6. The third-order valence-corrected chi connectivity index (χ3v) is 2.21. The van der Waals surface area contributed by atoms with Gasteiger partial charge in [0.15, 0.2) is 0 Å². The van der Waals surface area contributed by atoms with Crippen LogP contribution in [0.1, 0.15) is 12.8 Å². The highest BCUT2D eigenvalue weighted by Crippen LogP contribution is 2.08. The summed E-state index contributed by atoms with van der Waals surface area (Å²) < 4.78 is 5.63. The maximum Gasteiger partial charge on any atom is 0.0828 e. The van der Waals surface area contributed by atoms with Gasteiger partial charge in [-0.2, -0.15) is 0 Å². The van der Waals surface area contributed by atoms with Gasteiger partial charge in [0.05, 0.1) is 6.10 Å². The van der Waals surface area contributed by atoms with Gasteiger partial charge in [0, 0.05) is 19.7 Å². The van der Waals surface area contributed by atoms with Crippen LogP contribution in [0.4, 0.5) is 0 Å². The molecule has 0 spiro atoms. The second-order valence-electron chi connectivity index (χ2n) is 3.52. The zero-order chi connectivity index (χ0) is 8.81. The highest BCUT2D eigenvalue weighted by Gasteiger charge is 2.22.